The smallest absolute Gasteiger partial charge is 0.0483 e. The van der Waals surface area contributed by atoms with E-state index in [1.165, 1.54) is 16.5 Å². The molecular weight excluding hydrogens is 244 g/mol. The Kier molecular flexibility index (Phi) is 5.26. The second kappa shape index (κ2) is 7.17. The molecule has 1 N–H and O–H groups in total. The molecule has 1 aromatic heterocycles. The van der Waals surface area contributed by atoms with Gasteiger partial charge in [-0.1, -0.05) is 26.0 Å². The summed E-state index contributed by atoms with van der Waals surface area (Å²) in [4.78, 5) is 0. The molecule has 0 atom stereocenters. The summed E-state index contributed by atoms with van der Waals surface area (Å²) >= 11 is 0. The number of aryl methyl sites for hydroxylation is 1. The summed E-state index contributed by atoms with van der Waals surface area (Å²) in [5.74, 6) is 3.39. The van der Waals surface area contributed by atoms with E-state index >= 15 is 0 Å². The third-order valence-corrected chi connectivity index (χ3v) is 3.49. The van der Waals surface area contributed by atoms with Gasteiger partial charge in [0.1, 0.15) is 0 Å². The van der Waals surface area contributed by atoms with E-state index in [9.17, 15) is 0 Å². The molecule has 1 heterocycles. The molecule has 0 amide bonds. The molecule has 0 saturated heterocycles. The monoisotopic (exact) mass is 268 g/mol. The number of hydrogen-bond donors (Lipinski definition) is 1. The molecule has 20 heavy (non-hydrogen) atoms. The Morgan fingerprint density at radius 3 is 2.90 bits per heavy atom. The minimum atomic E-state index is 0.683. The number of terminal acetylenes is 1. The summed E-state index contributed by atoms with van der Waals surface area (Å²) in [5, 5.41) is 4.87. The average Bonchev–Trinajstić information content (AvgIpc) is 2.83. The summed E-state index contributed by atoms with van der Waals surface area (Å²) in [7, 11) is 0. The van der Waals surface area contributed by atoms with Crippen LogP contribution in [0.25, 0.3) is 10.9 Å². The van der Waals surface area contributed by atoms with Crippen molar-refractivity contribution in [2.75, 3.05) is 6.54 Å². The lowest BCUT2D eigenvalue weighted by atomic mass is 10.1. The van der Waals surface area contributed by atoms with Gasteiger partial charge in [-0.05, 0) is 36.6 Å². The lowest BCUT2D eigenvalue weighted by molar-refractivity contribution is 0.553. The van der Waals surface area contributed by atoms with Crippen LogP contribution in [0.4, 0.5) is 0 Å². The van der Waals surface area contributed by atoms with Gasteiger partial charge in [0.15, 0.2) is 0 Å². The van der Waals surface area contributed by atoms with Crippen LogP contribution in [0.5, 0.6) is 0 Å². The molecule has 0 saturated carbocycles. The van der Waals surface area contributed by atoms with Crippen molar-refractivity contribution in [2.24, 2.45) is 5.92 Å². The van der Waals surface area contributed by atoms with Crippen molar-refractivity contribution in [1.29, 1.82) is 0 Å². The normalized spacial score (nSPS) is 11.1. The Morgan fingerprint density at radius 2 is 2.15 bits per heavy atom. The maximum absolute atomic E-state index is 5.32. The van der Waals surface area contributed by atoms with E-state index in [4.69, 9.17) is 6.42 Å². The maximum Gasteiger partial charge on any atom is 0.0483 e. The van der Waals surface area contributed by atoms with E-state index in [1.807, 2.05) is 0 Å². The Morgan fingerprint density at radius 1 is 1.30 bits per heavy atom. The van der Waals surface area contributed by atoms with Crippen LogP contribution in [0.15, 0.2) is 30.5 Å². The van der Waals surface area contributed by atoms with Crippen molar-refractivity contribution < 1.29 is 0 Å². The predicted molar refractivity (Wildman–Crippen MR) is 86.5 cm³/mol. The third kappa shape index (κ3) is 3.65. The Hall–Kier alpha value is -1.72. The highest BCUT2D eigenvalue weighted by Crippen LogP contribution is 2.20. The molecule has 0 fully saturated rings. The number of unbranched alkanes of at least 4 members (excludes halogenated alkanes) is 1. The predicted octanol–water partition coefficient (Wildman–Crippen LogP) is 3.80. The molecule has 2 nitrogen and oxygen atoms in total. The molecular formula is C18H24N2. The van der Waals surface area contributed by atoms with Gasteiger partial charge in [0.05, 0.1) is 0 Å². The summed E-state index contributed by atoms with van der Waals surface area (Å²) in [5.41, 5.74) is 2.68. The molecule has 0 spiro atoms. The summed E-state index contributed by atoms with van der Waals surface area (Å²) in [6.45, 7) is 7.45. The quantitative estimate of drug-likeness (QED) is 0.597. The number of nitrogens with zero attached hydrogens (tertiary/aromatic N) is 1. The van der Waals surface area contributed by atoms with Gasteiger partial charge in [-0.25, -0.2) is 0 Å². The van der Waals surface area contributed by atoms with Crippen LogP contribution in [0.3, 0.4) is 0 Å². The van der Waals surface area contributed by atoms with Crippen molar-refractivity contribution in [3.8, 4) is 12.3 Å². The molecule has 0 aliphatic carbocycles. The minimum absolute atomic E-state index is 0.683. The molecule has 0 aliphatic rings. The highest BCUT2D eigenvalue weighted by atomic mass is 14.9. The fraction of sp³-hybridized carbons (Fsp3) is 0.444. The maximum atomic E-state index is 5.32. The number of aromatic nitrogens is 1. The number of benzene rings is 1. The van der Waals surface area contributed by atoms with E-state index in [2.05, 4.69) is 60.1 Å². The highest BCUT2D eigenvalue weighted by Gasteiger charge is 2.05. The Labute approximate surface area is 122 Å². The van der Waals surface area contributed by atoms with Crippen LogP contribution >= 0.6 is 0 Å². The molecule has 2 aromatic rings. The zero-order valence-corrected chi connectivity index (χ0v) is 12.5. The summed E-state index contributed by atoms with van der Waals surface area (Å²) in [6.07, 6.45) is 9.37. The third-order valence-electron chi connectivity index (χ3n) is 3.49. The van der Waals surface area contributed by atoms with E-state index in [-0.39, 0.29) is 0 Å². The van der Waals surface area contributed by atoms with E-state index in [1.54, 1.807) is 0 Å². The second-order valence-corrected chi connectivity index (χ2v) is 5.69. The first-order valence-electron chi connectivity index (χ1n) is 7.43. The first kappa shape index (κ1) is 14.7. The van der Waals surface area contributed by atoms with E-state index < -0.39 is 0 Å². The zero-order valence-electron chi connectivity index (χ0n) is 12.5. The van der Waals surface area contributed by atoms with Gasteiger partial charge in [-0.3, -0.25) is 0 Å². The van der Waals surface area contributed by atoms with Crippen LogP contribution < -0.4 is 5.32 Å². The SMILES string of the molecule is C#CCCCn1ccc2c(CNCC(C)C)cccc21. The van der Waals surface area contributed by atoms with Crippen LogP contribution in [0.1, 0.15) is 32.3 Å². The van der Waals surface area contributed by atoms with Gasteiger partial charge < -0.3 is 9.88 Å². The van der Waals surface area contributed by atoms with Crippen LogP contribution in [-0.4, -0.2) is 11.1 Å². The molecule has 0 aliphatic heterocycles. The largest absolute Gasteiger partial charge is 0.347 e. The molecule has 1 aromatic carbocycles. The minimum Gasteiger partial charge on any atom is -0.347 e. The topological polar surface area (TPSA) is 17.0 Å². The molecule has 2 heteroatoms. The lowest BCUT2D eigenvalue weighted by Crippen LogP contribution is -2.19. The number of hydrogen-bond acceptors (Lipinski definition) is 1. The van der Waals surface area contributed by atoms with Gasteiger partial charge in [0.25, 0.3) is 0 Å². The van der Waals surface area contributed by atoms with E-state index in [0.29, 0.717) is 5.92 Å². The summed E-state index contributed by atoms with van der Waals surface area (Å²) in [6, 6.07) is 8.77. The van der Waals surface area contributed by atoms with Crippen molar-refractivity contribution in [1.82, 2.24) is 9.88 Å². The van der Waals surface area contributed by atoms with Crippen molar-refractivity contribution >= 4 is 10.9 Å². The van der Waals surface area contributed by atoms with Gasteiger partial charge in [-0.2, -0.15) is 0 Å². The zero-order chi connectivity index (χ0) is 14.4. The first-order valence-corrected chi connectivity index (χ1v) is 7.43. The lowest BCUT2D eigenvalue weighted by Gasteiger charge is -2.09. The first-order chi connectivity index (χ1) is 9.72. The standard InChI is InChI=1S/C18H24N2/c1-4-5-6-11-20-12-10-17-16(8-7-9-18(17)20)14-19-13-15(2)3/h1,7-10,12,15,19H,5-6,11,13-14H2,2-3H3. The van der Waals surface area contributed by atoms with Gasteiger partial charge >= 0.3 is 0 Å². The van der Waals surface area contributed by atoms with Gasteiger partial charge in [-0.15, -0.1) is 12.3 Å². The second-order valence-electron chi connectivity index (χ2n) is 5.69. The van der Waals surface area contributed by atoms with Crippen molar-refractivity contribution in [2.45, 2.75) is 39.8 Å². The molecule has 0 radical (unpaired) electrons. The number of nitrogens with one attached hydrogen (secondary N) is 1. The van der Waals surface area contributed by atoms with Crippen molar-refractivity contribution in [3.63, 3.8) is 0 Å². The van der Waals surface area contributed by atoms with Crippen LogP contribution in [-0.2, 0) is 13.1 Å². The Balaban J connectivity index is 2.11. The molecule has 0 unspecified atom stereocenters. The van der Waals surface area contributed by atoms with Gasteiger partial charge in [0.2, 0.25) is 0 Å². The molecule has 106 valence electrons. The molecule has 2 rings (SSSR count). The highest BCUT2D eigenvalue weighted by molar-refractivity contribution is 5.83. The number of fused-ring (bicyclic) bond motifs is 1. The average molecular weight is 268 g/mol. The summed E-state index contributed by atoms with van der Waals surface area (Å²) < 4.78 is 2.30. The fourth-order valence-corrected chi connectivity index (χ4v) is 2.48. The van der Waals surface area contributed by atoms with Crippen molar-refractivity contribution in [3.05, 3.63) is 36.0 Å². The fourth-order valence-electron chi connectivity index (χ4n) is 2.48. The molecule has 0 bridgehead atoms. The Bertz CT molecular complexity index is 587. The van der Waals surface area contributed by atoms with Crippen LogP contribution in [0, 0.1) is 18.3 Å². The van der Waals surface area contributed by atoms with E-state index in [0.717, 1.165) is 32.5 Å². The van der Waals surface area contributed by atoms with Gasteiger partial charge in [0, 0.05) is 36.6 Å². The number of rotatable bonds is 7. The van der Waals surface area contributed by atoms with Crippen LogP contribution in [0.2, 0.25) is 0 Å².